The van der Waals surface area contributed by atoms with Crippen molar-refractivity contribution in [3.05, 3.63) is 71.5 Å². The van der Waals surface area contributed by atoms with Crippen LogP contribution in [0.15, 0.2) is 54.6 Å². The molecule has 2 aromatic carbocycles. The standard InChI is InChI=1S/C22H25N3O3/c1-15(2)18-13-19(25(24-18)17-8-6-5-7-9-17)22(26)23-14-16-10-11-20(27-3)21(12-16)28-4/h5-13,15H,14H2,1-4H3,(H,23,26). The molecule has 0 bridgehead atoms. The Kier molecular flexibility index (Phi) is 5.99. The largest absolute Gasteiger partial charge is 0.493 e. The number of nitrogens with one attached hydrogen (secondary N) is 1. The van der Waals surface area contributed by atoms with Crippen LogP contribution in [0.2, 0.25) is 0 Å². The molecule has 6 heteroatoms. The molecular weight excluding hydrogens is 354 g/mol. The normalized spacial score (nSPS) is 10.8. The molecule has 0 spiro atoms. The van der Waals surface area contributed by atoms with Gasteiger partial charge in [-0.25, -0.2) is 4.68 Å². The number of rotatable bonds is 7. The average molecular weight is 379 g/mol. The van der Waals surface area contributed by atoms with Crippen LogP contribution in [0, 0.1) is 0 Å². The fourth-order valence-electron chi connectivity index (χ4n) is 2.87. The minimum atomic E-state index is -0.182. The summed E-state index contributed by atoms with van der Waals surface area (Å²) in [5.41, 5.74) is 3.15. The number of ether oxygens (including phenoxy) is 2. The van der Waals surface area contributed by atoms with Crippen LogP contribution in [-0.2, 0) is 6.54 Å². The van der Waals surface area contributed by atoms with E-state index in [1.54, 1.807) is 18.9 Å². The van der Waals surface area contributed by atoms with Gasteiger partial charge in [0.15, 0.2) is 11.5 Å². The molecule has 0 unspecified atom stereocenters. The molecule has 1 N–H and O–H groups in total. The number of para-hydroxylation sites is 1. The molecule has 0 atom stereocenters. The zero-order valence-electron chi connectivity index (χ0n) is 16.6. The van der Waals surface area contributed by atoms with Crippen molar-refractivity contribution in [3.63, 3.8) is 0 Å². The molecule has 146 valence electrons. The monoisotopic (exact) mass is 379 g/mol. The van der Waals surface area contributed by atoms with Gasteiger partial charge in [0.1, 0.15) is 5.69 Å². The highest BCUT2D eigenvalue weighted by molar-refractivity contribution is 5.93. The quantitative estimate of drug-likeness (QED) is 0.675. The van der Waals surface area contributed by atoms with E-state index >= 15 is 0 Å². The maximum absolute atomic E-state index is 12.9. The van der Waals surface area contributed by atoms with E-state index in [2.05, 4.69) is 24.3 Å². The predicted octanol–water partition coefficient (Wildman–Crippen LogP) is 3.94. The van der Waals surface area contributed by atoms with Gasteiger partial charge in [-0.3, -0.25) is 4.79 Å². The van der Waals surface area contributed by atoms with Gasteiger partial charge in [0.05, 0.1) is 25.6 Å². The van der Waals surface area contributed by atoms with Crippen molar-refractivity contribution >= 4 is 5.91 Å². The first-order valence-electron chi connectivity index (χ1n) is 9.18. The van der Waals surface area contributed by atoms with Crippen molar-refractivity contribution in [3.8, 4) is 17.2 Å². The van der Waals surface area contributed by atoms with Crippen molar-refractivity contribution in [1.29, 1.82) is 0 Å². The zero-order chi connectivity index (χ0) is 20.1. The first-order chi connectivity index (χ1) is 13.5. The molecule has 0 saturated heterocycles. The predicted molar refractivity (Wildman–Crippen MR) is 108 cm³/mol. The summed E-state index contributed by atoms with van der Waals surface area (Å²) in [6, 6.07) is 17.1. The molecule has 0 aliphatic carbocycles. The zero-order valence-corrected chi connectivity index (χ0v) is 16.6. The van der Waals surface area contributed by atoms with Gasteiger partial charge < -0.3 is 14.8 Å². The van der Waals surface area contributed by atoms with Crippen LogP contribution in [0.5, 0.6) is 11.5 Å². The molecule has 28 heavy (non-hydrogen) atoms. The van der Waals surface area contributed by atoms with Gasteiger partial charge in [0.2, 0.25) is 0 Å². The summed E-state index contributed by atoms with van der Waals surface area (Å²) in [4.78, 5) is 12.9. The molecule has 0 aliphatic rings. The number of carbonyl (C=O) groups excluding carboxylic acids is 1. The molecule has 1 amide bonds. The highest BCUT2D eigenvalue weighted by atomic mass is 16.5. The summed E-state index contributed by atoms with van der Waals surface area (Å²) < 4.78 is 12.3. The number of hydrogen-bond donors (Lipinski definition) is 1. The number of methoxy groups -OCH3 is 2. The molecule has 0 saturated carbocycles. The maximum Gasteiger partial charge on any atom is 0.270 e. The van der Waals surface area contributed by atoms with E-state index in [1.165, 1.54) is 0 Å². The van der Waals surface area contributed by atoms with E-state index in [4.69, 9.17) is 9.47 Å². The summed E-state index contributed by atoms with van der Waals surface area (Å²) in [6.45, 7) is 4.49. The molecule has 3 rings (SSSR count). The third kappa shape index (κ3) is 4.17. The topological polar surface area (TPSA) is 65.4 Å². The first-order valence-corrected chi connectivity index (χ1v) is 9.18. The molecule has 0 radical (unpaired) electrons. The number of amides is 1. The van der Waals surface area contributed by atoms with Gasteiger partial charge >= 0.3 is 0 Å². The van der Waals surface area contributed by atoms with Crippen LogP contribution in [-0.4, -0.2) is 29.9 Å². The Bertz CT molecular complexity index is 949. The molecule has 3 aromatic rings. The average Bonchev–Trinajstić information content (AvgIpc) is 3.18. The number of hydrogen-bond acceptors (Lipinski definition) is 4. The smallest absolute Gasteiger partial charge is 0.270 e. The van der Waals surface area contributed by atoms with Crippen molar-refractivity contribution in [2.75, 3.05) is 14.2 Å². The van der Waals surface area contributed by atoms with Crippen molar-refractivity contribution in [2.24, 2.45) is 0 Å². The second-order valence-electron chi connectivity index (χ2n) is 6.73. The Labute approximate surface area is 165 Å². The van der Waals surface area contributed by atoms with Crippen LogP contribution in [0.4, 0.5) is 0 Å². The lowest BCUT2D eigenvalue weighted by Gasteiger charge is -2.11. The molecule has 1 heterocycles. The number of carbonyl (C=O) groups is 1. The number of benzene rings is 2. The number of aromatic nitrogens is 2. The second-order valence-corrected chi connectivity index (χ2v) is 6.73. The minimum Gasteiger partial charge on any atom is -0.493 e. The van der Waals surface area contributed by atoms with Gasteiger partial charge in [0, 0.05) is 6.54 Å². The van der Waals surface area contributed by atoms with E-state index in [-0.39, 0.29) is 11.8 Å². The minimum absolute atomic E-state index is 0.182. The highest BCUT2D eigenvalue weighted by Gasteiger charge is 2.18. The van der Waals surface area contributed by atoms with E-state index in [0.29, 0.717) is 23.7 Å². The van der Waals surface area contributed by atoms with E-state index in [1.807, 2.05) is 54.6 Å². The molecule has 1 aromatic heterocycles. The van der Waals surface area contributed by atoms with Gasteiger partial charge in [-0.1, -0.05) is 38.1 Å². The van der Waals surface area contributed by atoms with Crippen molar-refractivity contribution < 1.29 is 14.3 Å². The fourth-order valence-corrected chi connectivity index (χ4v) is 2.87. The molecule has 0 aliphatic heterocycles. The SMILES string of the molecule is COc1ccc(CNC(=O)c2cc(C(C)C)nn2-c2ccccc2)cc1OC. The third-order valence-corrected chi connectivity index (χ3v) is 4.45. The Hall–Kier alpha value is -3.28. The lowest BCUT2D eigenvalue weighted by atomic mass is 10.1. The highest BCUT2D eigenvalue weighted by Crippen LogP contribution is 2.27. The van der Waals surface area contributed by atoms with Crippen molar-refractivity contribution in [1.82, 2.24) is 15.1 Å². The van der Waals surface area contributed by atoms with Crippen LogP contribution >= 0.6 is 0 Å². The maximum atomic E-state index is 12.9. The number of nitrogens with zero attached hydrogens (tertiary/aromatic N) is 2. The Morgan fingerprint density at radius 1 is 1.04 bits per heavy atom. The van der Waals surface area contributed by atoms with E-state index in [0.717, 1.165) is 16.9 Å². The lowest BCUT2D eigenvalue weighted by Crippen LogP contribution is -2.25. The molecule has 6 nitrogen and oxygen atoms in total. The van der Waals surface area contributed by atoms with Crippen LogP contribution in [0.25, 0.3) is 5.69 Å². The lowest BCUT2D eigenvalue weighted by molar-refractivity contribution is 0.0943. The van der Waals surface area contributed by atoms with Gasteiger partial charge in [-0.2, -0.15) is 5.10 Å². The van der Waals surface area contributed by atoms with Crippen LogP contribution < -0.4 is 14.8 Å². The van der Waals surface area contributed by atoms with Gasteiger partial charge in [-0.15, -0.1) is 0 Å². The molecule has 0 fully saturated rings. The first kappa shape index (κ1) is 19.5. The summed E-state index contributed by atoms with van der Waals surface area (Å²) >= 11 is 0. The Morgan fingerprint density at radius 2 is 1.75 bits per heavy atom. The summed E-state index contributed by atoms with van der Waals surface area (Å²) in [5, 5.41) is 7.60. The Morgan fingerprint density at radius 3 is 2.39 bits per heavy atom. The van der Waals surface area contributed by atoms with E-state index < -0.39 is 0 Å². The van der Waals surface area contributed by atoms with Gasteiger partial charge in [-0.05, 0) is 41.8 Å². The van der Waals surface area contributed by atoms with Crippen LogP contribution in [0.3, 0.4) is 0 Å². The summed E-state index contributed by atoms with van der Waals surface area (Å²) in [6.07, 6.45) is 0. The van der Waals surface area contributed by atoms with Crippen molar-refractivity contribution in [2.45, 2.75) is 26.3 Å². The van der Waals surface area contributed by atoms with Crippen LogP contribution in [0.1, 0.15) is 41.5 Å². The van der Waals surface area contributed by atoms with E-state index in [9.17, 15) is 4.79 Å². The summed E-state index contributed by atoms with van der Waals surface area (Å²) in [7, 11) is 3.18. The molecular formula is C22H25N3O3. The summed E-state index contributed by atoms with van der Waals surface area (Å²) in [5.74, 6) is 1.33. The Balaban J connectivity index is 1.83. The van der Waals surface area contributed by atoms with Gasteiger partial charge in [0.25, 0.3) is 5.91 Å². The fraction of sp³-hybridized carbons (Fsp3) is 0.273. The third-order valence-electron chi connectivity index (χ3n) is 4.45. The second kappa shape index (κ2) is 8.61.